The van der Waals surface area contributed by atoms with Gasteiger partial charge in [-0.05, 0) is 30.2 Å². The maximum Gasteiger partial charge on any atom is 0.222 e. The summed E-state index contributed by atoms with van der Waals surface area (Å²) in [5, 5.41) is 4.07. The van der Waals surface area contributed by atoms with Crippen LogP contribution in [0.2, 0.25) is 0 Å². The fraction of sp³-hybridized carbons (Fsp3) is 0.261. The normalized spacial score (nSPS) is 13.8. The van der Waals surface area contributed by atoms with Crippen molar-refractivity contribution in [3.63, 3.8) is 0 Å². The van der Waals surface area contributed by atoms with Crippen molar-refractivity contribution in [2.45, 2.75) is 13.5 Å². The molecule has 4 N–H and O–H groups in total. The van der Waals surface area contributed by atoms with Crippen molar-refractivity contribution in [1.29, 1.82) is 0 Å². The largest absolute Gasteiger partial charge is 0.391 e. The molecule has 1 aromatic heterocycles. The molecule has 2 heterocycles. The number of nitrogen functional groups attached to an aromatic ring is 2. The van der Waals surface area contributed by atoms with Crippen LogP contribution in [0.5, 0.6) is 0 Å². The summed E-state index contributed by atoms with van der Waals surface area (Å²) in [5.41, 5.74) is 16.8. The Kier molecular flexibility index (Phi) is 7.72. The van der Waals surface area contributed by atoms with Crippen LogP contribution in [0.1, 0.15) is 16.8 Å². The summed E-state index contributed by atoms with van der Waals surface area (Å²) in [4.78, 5) is 18.3. The van der Waals surface area contributed by atoms with E-state index in [9.17, 15) is 0 Å². The number of aryl methyl sites for hydroxylation is 1. The van der Waals surface area contributed by atoms with E-state index in [1.807, 2.05) is 49.4 Å². The highest BCUT2D eigenvalue weighted by Crippen LogP contribution is 2.27. The first-order chi connectivity index (χ1) is 15.1. The number of rotatable bonds is 6. The van der Waals surface area contributed by atoms with Crippen molar-refractivity contribution in [1.82, 2.24) is 9.97 Å². The van der Waals surface area contributed by atoms with E-state index < -0.39 is 0 Å². The van der Waals surface area contributed by atoms with Crippen LogP contribution in [0.4, 0.5) is 23.1 Å². The van der Waals surface area contributed by atoms with Gasteiger partial charge in [0, 0.05) is 31.9 Å². The summed E-state index contributed by atoms with van der Waals surface area (Å²) < 4.78 is 0. The van der Waals surface area contributed by atoms with Crippen LogP contribution in [0.15, 0.2) is 59.8 Å². The van der Waals surface area contributed by atoms with Gasteiger partial charge in [0.05, 0.1) is 11.9 Å². The van der Waals surface area contributed by atoms with Crippen molar-refractivity contribution in [3.8, 4) is 0 Å². The minimum absolute atomic E-state index is 0. The zero-order valence-corrected chi connectivity index (χ0v) is 18.8. The van der Waals surface area contributed by atoms with Crippen LogP contribution >= 0.6 is 12.4 Å². The van der Waals surface area contributed by atoms with Gasteiger partial charge in [-0.2, -0.15) is 4.98 Å². The Morgan fingerprint density at radius 3 is 2.25 bits per heavy atom. The first kappa shape index (κ1) is 23.1. The molecule has 0 amide bonds. The van der Waals surface area contributed by atoms with Gasteiger partial charge in [0.15, 0.2) is 5.82 Å². The predicted molar refractivity (Wildman–Crippen MR) is 133 cm³/mol. The molecule has 1 fully saturated rings. The Balaban J connectivity index is 0.00000289. The highest BCUT2D eigenvalue weighted by Gasteiger charge is 2.22. The van der Waals surface area contributed by atoms with Gasteiger partial charge in [0.2, 0.25) is 5.95 Å². The Labute approximate surface area is 194 Å². The monoisotopic (exact) mass is 453 g/mol. The first-order valence-electron chi connectivity index (χ1n) is 10.3. The van der Waals surface area contributed by atoms with Gasteiger partial charge < -0.3 is 26.1 Å². The van der Waals surface area contributed by atoms with Gasteiger partial charge in [-0.25, -0.2) is 4.98 Å². The molecule has 0 aliphatic carbocycles. The Hall–Kier alpha value is -3.52. The maximum absolute atomic E-state index is 6.09. The SMILES string of the molecule is Cc1nc(N)nc(N)c1N1CCN(c2ccc(/C=N/OCc3ccccc3)cc2)CC1.Cl. The zero-order chi connectivity index (χ0) is 21.6. The van der Waals surface area contributed by atoms with E-state index >= 15 is 0 Å². The molecule has 1 aliphatic rings. The molecule has 0 unspecified atom stereocenters. The molecule has 1 saturated heterocycles. The number of nitrogens with two attached hydrogens (primary N) is 2. The van der Waals surface area contributed by atoms with E-state index in [0.29, 0.717) is 12.4 Å². The third-order valence-electron chi connectivity index (χ3n) is 5.31. The topological polar surface area (TPSA) is 106 Å². The van der Waals surface area contributed by atoms with Crippen LogP contribution in [-0.2, 0) is 11.4 Å². The Morgan fingerprint density at radius 1 is 0.938 bits per heavy atom. The number of hydrogen-bond donors (Lipinski definition) is 2. The van der Waals surface area contributed by atoms with Crippen LogP contribution in [-0.4, -0.2) is 42.4 Å². The van der Waals surface area contributed by atoms with E-state index in [2.05, 4.69) is 37.1 Å². The van der Waals surface area contributed by atoms with Gasteiger partial charge >= 0.3 is 0 Å². The number of piperazine rings is 1. The smallest absolute Gasteiger partial charge is 0.222 e. The lowest BCUT2D eigenvalue weighted by atomic mass is 10.2. The quantitative estimate of drug-likeness (QED) is 0.435. The second-order valence-electron chi connectivity index (χ2n) is 7.46. The average molecular weight is 454 g/mol. The molecule has 0 atom stereocenters. The third-order valence-corrected chi connectivity index (χ3v) is 5.31. The lowest BCUT2D eigenvalue weighted by Crippen LogP contribution is -2.47. The van der Waals surface area contributed by atoms with Crippen LogP contribution in [0.25, 0.3) is 0 Å². The third kappa shape index (κ3) is 5.59. The number of halogens is 1. The molecule has 168 valence electrons. The molecule has 2 aromatic carbocycles. The Morgan fingerprint density at radius 2 is 1.59 bits per heavy atom. The molecule has 3 aromatic rings. The number of anilines is 4. The summed E-state index contributed by atoms with van der Waals surface area (Å²) in [6.45, 7) is 5.83. The highest BCUT2D eigenvalue weighted by atomic mass is 35.5. The molecule has 32 heavy (non-hydrogen) atoms. The minimum Gasteiger partial charge on any atom is -0.391 e. The van der Waals surface area contributed by atoms with E-state index in [4.69, 9.17) is 16.3 Å². The van der Waals surface area contributed by atoms with Gasteiger partial charge in [-0.1, -0.05) is 47.6 Å². The summed E-state index contributed by atoms with van der Waals surface area (Å²) in [5.74, 6) is 0.656. The van der Waals surface area contributed by atoms with Crippen LogP contribution in [0.3, 0.4) is 0 Å². The summed E-state index contributed by atoms with van der Waals surface area (Å²) in [6.07, 6.45) is 1.73. The first-order valence-corrected chi connectivity index (χ1v) is 10.3. The summed E-state index contributed by atoms with van der Waals surface area (Å²) in [6, 6.07) is 18.3. The van der Waals surface area contributed by atoms with Gasteiger partial charge in [-0.3, -0.25) is 0 Å². The molecule has 0 bridgehead atoms. The molecule has 1 aliphatic heterocycles. The second-order valence-corrected chi connectivity index (χ2v) is 7.46. The number of hydrogen-bond acceptors (Lipinski definition) is 8. The summed E-state index contributed by atoms with van der Waals surface area (Å²) >= 11 is 0. The second kappa shape index (κ2) is 10.7. The number of nitrogens with zero attached hydrogens (tertiary/aromatic N) is 5. The standard InChI is InChI=1S/C23H27N7O.ClH/c1-17-21(22(24)28-23(25)27-17)30-13-11-29(12-14-30)20-9-7-18(8-10-20)15-26-31-16-19-5-3-2-4-6-19;/h2-10,15H,11-14,16H2,1H3,(H4,24,25,27,28);1H/b26-15+;. The van der Waals surface area contributed by atoms with Crippen molar-refractivity contribution >= 4 is 41.8 Å². The van der Waals surface area contributed by atoms with Crippen molar-refractivity contribution in [2.75, 3.05) is 47.4 Å². The van der Waals surface area contributed by atoms with Gasteiger partial charge in [0.1, 0.15) is 12.3 Å². The van der Waals surface area contributed by atoms with Crippen LogP contribution in [0, 0.1) is 6.92 Å². The molecule has 4 rings (SSSR count). The highest BCUT2D eigenvalue weighted by molar-refractivity contribution is 5.85. The zero-order valence-electron chi connectivity index (χ0n) is 18.0. The molecule has 0 saturated carbocycles. The predicted octanol–water partition coefficient (Wildman–Crippen LogP) is 3.25. The molecule has 0 spiro atoms. The fourth-order valence-corrected chi connectivity index (χ4v) is 3.75. The van der Waals surface area contributed by atoms with Crippen molar-refractivity contribution in [2.24, 2.45) is 5.16 Å². The average Bonchev–Trinajstić information content (AvgIpc) is 2.78. The number of benzene rings is 2. The van der Waals surface area contributed by atoms with E-state index in [1.54, 1.807) is 6.21 Å². The lowest BCUT2D eigenvalue weighted by molar-refractivity contribution is 0.132. The van der Waals surface area contributed by atoms with Crippen LogP contribution < -0.4 is 21.3 Å². The minimum atomic E-state index is 0. The maximum atomic E-state index is 6.09. The van der Waals surface area contributed by atoms with E-state index in [1.165, 1.54) is 5.69 Å². The number of oxime groups is 1. The van der Waals surface area contributed by atoms with Gasteiger partial charge in [-0.15, -0.1) is 12.4 Å². The molecular weight excluding hydrogens is 426 g/mol. The van der Waals surface area contributed by atoms with Crippen molar-refractivity contribution < 1.29 is 4.84 Å². The fourth-order valence-electron chi connectivity index (χ4n) is 3.75. The number of aromatic nitrogens is 2. The molecular formula is C23H28ClN7O. The molecule has 0 radical (unpaired) electrons. The Bertz CT molecular complexity index is 1010. The van der Waals surface area contributed by atoms with Gasteiger partial charge in [0.25, 0.3) is 0 Å². The summed E-state index contributed by atoms with van der Waals surface area (Å²) in [7, 11) is 0. The van der Waals surface area contributed by atoms with Crippen molar-refractivity contribution in [3.05, 3.63) is 71.4 Å². The van der Waals surface area contributed by atoms with E-state index in [-0.39, 0.29) is 18.4 Å². The van der Waals surface area contributed by atoms with E-state index in [0.717, 1.165) is 48.7 Å². The lowest BCUT2D eigenvalue weighted by Gasteiger charge is -2.38. The molecule has 9 heteroatoms. The molecule has 8 nitrogen and oxygen atoms in total.